The van der Waals surface area contributed by atoms with Gasteiger partial charge in [0.15, 0.2) is 0 Å². The van der Waals surface area contributed by atoms with Crippen LogP contribution >= 0.6 is 0 Å². The molecule has 3 rings (SSSR count). The molecule has 0 aliphatic carbocycles. The van der Waals surface area contributed by atoms with Crippen LogP contribution < -0.4 is 15.1 Å². The van der Waals surface area contributed by atoms with Gasteiger partial charge < -0.3 is 19.7 Å². The number of carbonyl (C=O) groups excluding carboxylic acids is 3. The van der Waals surface area contributed by atoms with Gasteiger partial charge in [-0.05, 0) is 30.2 Å². The topological polar surface area (TPSA) is 88.2 Å². The summed E-state index contributed by atoms with van der Waals surface area (Å²) in [4.78, 5) is 38.1. The lowest BCUT2D eigenvalue weighted by Crippen LogP contribution is -2.34. The van der Waals surface area contributed by atoms with Gasteiger partial charge in [0.25, 0.3) is 0 Å². The van der Waals surface area contributed by atoms with Crippen molar-refractivity contribution in [1.82, 2.24) is 5.32 Å². The summed E-state index contributed by atoms with van der Waals surface area (Å²) in [7, 11) is 3.02. The van der Waals surface area contributed by atoms with Crippen molar-refractivity contribution in [1.29, 1.82) is 0 Å². The van der Waals surface area contributed by atoms with Gasteiger partial charge in [0.1, 0.15) is 6.10 Å². The van der Waals surface area contributed by atoms with Gasteiger partial charge in [-0.2, -0.15) is 0 Å². The molecule has 1 aromatic rings. The summed E-state index contributed by atoms with van der Waals surface area (Å²) in [5.74, 6) is 0.0878. The van der Waals surface area contributed by atoms with Crippen molar-refractivity contribution in [3.8, 4) is 0 Å². The average molecular weight is 333 g/mol. The highest BCUT2D eigenvalue weighted by Crippen LogP contribution is 2.32. The van der Waals surface area contributed by atoms with E-state index in [1.54, 1.807) is 18.0 Å². The highest BCUT2D eigenvalue weighted by atomic mass is 16.6. The first-order chi connectivity index (χ1) is 11.5. The quantitative estimate of drug-likeness (QED) is 0.900. The Morgan fingerprint density at radius 3 is 2.92 bits per heavy atom. The summed E-state index contributed by atoms with van der Waals surface area (Å²) >= 11 is 0. The van der Waals surface area contributed by atoms with Crippen LogP contribution in [0.5, 0.6) is 0 Å². The van der Waals surface area contributed by atoms with Crippen molar-refractivity contribution in [3.05, 3.63) is 23.8 Å². The number of hydrogen-bond acceptors (Lipinski definition) is 5. The first-order valence-electron chi connectivity index (χ1n) is 7.69. The zero-order valence-electron chi connectivity index (χ0n) is 13.6. The van der Waals surface area contributed by atoms with Gasteiger partial charge in [-0.15, -0.1) is 0 Å². The van der Waals surface area contributed by atoms with E-state index in [1.807, 2.05) is 12.1 Å². The van der Waals surface area contributed by atoms with E-state index in [4.69, 9.17) is 4.74 Å². The van der Waals surface area contributed by atoms with Crippen molar-refractivity contribution in [3.63, 3.8) is 0 Å². The molecule has 1 atom stereocenters. The molecule has 2 heterocycles. The highest BCUT2D eigenvalue weighted by Gasteiger charge is 2.33. The number of alkyl carbamates (subject to hydrolysis) is 1. The van der Waals surface area contributed by atoms with Gasteiger partial charge in [0.05, 0.1) is 20.2 Å². The Morgan fingerprint density at radius 2 is 2.17 bits per heavy atom. The molecule has 8 nitrogen and oxygen atoms in total. The third-order valence-corrected chi connectivity index (χ3v) is 4.25. The van der Waals surface area contributed by atoms with Crippen LogP contribution in [0, 0.1) is 0 Å². The summed E-state index contributed by atoms with van der Waals surface area (Å²) in [5, 5.41) is 2.52. The van der Waals surface area contributed by atoms with Crippen LogP contribution in [0.1, 0.15) is 12.0 Å². The molecule has 0 saturated carbocycles. The highest BCUT2D eigenvalue weighted by molar-refractivity contribution is 5.97. The van der Waals surface area contributed by atoms with E-state index in [9.17, 15) is 14.4 Å². The molecule has 0 bridgehead atoms. The van der Waals surface area contributed by atoms with Crippen LogP contribution in [0.15, 0.2) is 18.2 Å². The number of cyclic esters (lactones) is 1. The Hall–Kier alpha value is -2.77. The van der Waals surface area contributed by atoms with E-state index in [0.29, 0.717) is 19.4 Å². The molecule has 1 saturated heterocycles. The van der Waals surface area contributed by atoms with Gasteiger partial charge in [-0.1, -0.05) is 0 Å². The van der Waals surface area contributed by atoms with Gasteiger partial charge in [-0.25, -0.2) is 9.59 Å². The van der Waals surface area contributed by atoms with Crippen molar-refractivity contribution < 1.29 is 23.9 Å². The number of anilines is 2. The Morgan fingerprint density at radius 1 is 1.38 bits per heavy atom. The number of nitrogens with zero attached hydrogens (tertiary/aromatic N) is 2. The SMILES string of the molecule is COC(=O)NC[C@H]1CN(c2ccc3c(c2)CCC(=O)N3C)C(=O)O1. The average Bonchev–Trinajstić information content (AvgIpc) is 2.96. The van der Waals surface area contributed by atoms with Crippen LogP contribution in [-0.4, -0.2) is 51.4 Å². The number of hydrogen-bond donors (Lipinski definition) is 1. The maximum Gasteiger partial charge on any atom is 0.414 e. The van der Waals surface area contributed by atoms with Gasteiger partial charge >= 0.3 is 12.2 Å². The van der Waals surface area contributed by atoms with Gasteiger partial charge in [0.2, 0.25) is 5.91 Å². The number of fused-ring (bicyclic) bond motifs is 1. The van der Waals surface area contributed by atoms with E-state index < -0.39 is 18.3 Å². The second-order valence-electron chi connectivity index (χ2n) is 5.75. The monoisotopic (exact) mass is 333 g/mol. The molecule has 128 valence electrons. The maximum absolute atomic E-state index is 12.1. The molecule has 2 aliphatic heterocycles. The number of ether oxygens (including phenoxy) is 2. The normalized spacial score (nSPS) is 19.8. The van der Waals surface area contributed by atoms with Crippen LogP contribution in [0.3, 0.4) is 0 Å². The molecule has 8 heteroatoms. The molecule has 2 aliphatic rings. The van der Waals surface area contributed by atoms with E-state index >= 15 is 0 Å². The van der Waals surface area contributed by atoms with Crippen LogP contribution in [0.2, 0.25) is 0 Å². The smallest absolute Gasteiger partial charge is 0.414 e. The molecule has 0 aromatic heterocycles. The largest absolute Gasteiger partial charge is 0.453 e. The maximum atomic E-state index is 12.1. The van der Waals surface area contributed by atoms with E-state index in [2.05, 4.69) is 10.1 Å². The van der Waals surface area contributed by atoms with E-state index in [-0.39, 0.29) is 12.5 Å². The summed E-state index contributed by atoms with van der Waals surface area (Å²) in [6.45, 7) is 0.535. The van der Waals surface area contributed by atoms with E-state index in [1.165, 1.54) is 12.0 Å². The third-order valence-electron chi connectivity index (χ3n) is 4.25. The Bertz CT molecular complexity index is 690. The lowest BCUT2D eigenvalue weighted by Gasteiger charge is -2.27. The van der Waals surface area contributed by atoms with Crippen LogP contribution in [0.25, 0.3) is 0 Å². The minimum Gasteiger partial charge on any atom is -0.453 e. The lowest BCUT2D eigenvalue weighted by molar-refractivity contribution is -0.118. The molecular formula is C16H19N3O5. The Labute approximate surface area is 139 Å². The molecule has 3 amide bonds. The van der Waals surface area contributed by atoms with Gasteiger partial charge in [-0.3, -0.25) is 9.69 Å². The number of methoxy groups -OCH3 is 1. The summed E-state index contributed by atoms with van der Waals surface area (Å²) in [6, 6.07) is 5.55. The number of aryl methyl sites for hydroxylation is 1. The van der Waals surface area contributed by atoms with Crippen molar-refractivity contribution in [2.75, 3.05) is 37.0 Å². The molecule has 0 unspecified atom stereocenters. The van der Waals surface area contributed by atoms with Crippen molar-refractivity contribution in [2.45, 2.75) is 18.9 Å². The van der Waals surface area contributed by atoms with Crippen LogP contribution in [0.4, 0.5) is 21.0 Å². The fraction of sp³-hybridized carbons (Fsp3) is 0.438. The minimum absolute atomic E-state index is 0.0878. The second-order valence-corrected chi connectivity index (χ2v) is 5.75. The molecule has 1 fully saturated rings. The second kappa shape index (κ2) is 6.38. The fourth-order valence-corrected chi connectivity index (χ4v) is 2.92. The predicted octanol–water partition coefficient (Wildman–Crippen LogP) is 1.28. The lowest BCUT2D eigenvalue weighted by atomic mass is 10.0. The molecule has 24 heavy (non-hydrogen) atoms. The van der Waals surface area contributed by atoms with Crippen LogP contribution in [-0.2, 0) is 20.7 Å². The van der Waals surface area contributed by atoms with E-state index in [0.717, 1.165) is 16.9 Å². The summed E-state index contributed by atoms with van der Waals surface area (Å²) in [5.41, 5.74) is 2.62. The molecule has 0 spiro atoms. The summed E-state index contributed by atoms with van der Waals surface area (Å²) < 4.78 is 9.75. The standard InChI is InChI=1S/C16H19N3O5/c1-18-13-5-4-11(7-10(13)3-6-14(18)20)19-9-12(24-16(19)22)8-17-15(21)23-2/h4-5,7,12H,3,6,8-9H2,1-2H3,(H,17,21)/t12-/m0/s1. The number of nitrogens with one attached hydrogen (secondary N) is 1. The minimum atomic E-state index is -0.564. The zero-order valence-corrected chi connectivity index (χ0v) is 13.6. The molecule has 1 aromatic carbocycles. The predicted molar refractivity (Wildman–Crippen MR) is 86.2 cm³/mol. The first-order valence-corrected chi connectivity index (χ1v) is 7.69. The molecule has 1 N–H and O–H groups in total. The van der Waals surface area contributed by atoms with Crippen molar-refractivity contribution >= 4 is 29.5 Å². The first kappa shape index (κ1) is 16.1. The Kier molecular flexibility index (Phi) is 4.28. The molecular weight excluding hydrogens is 314 g/mol. The Balaban J connectivity index is 1.72. The van der Waals surface area contributed by atoms with Crippen molar-refractivity contribution in [2.24, 2.45) is 0 Å². The number of amides is 3. The molecule has 0 radical (unpaired) electrons. The number of carbonyl (C=O) groups is 3. The third kappa shape index (κ3) is 2.99. The summed E-state index contributed by atoms with van der Waals surface area (Å²) in [6.07, 6.45) is -0.333. The fourth-order valence-electron chi connectivity index (χ4n) is 2.92. The zero-order chi connectivity index (χ0) is 17.3. The number of benzene rings is 1. The number of rotatable bonds is 3. The van der Waals surface area contributed by atoms with Gasteiger partial charge in [0, 0.05) is 24.8 Å².